The van der Waals surface area contributed by atoms with Gasteiger partial charge >= 0.3 is 0 Å². The van der Waals surface area contributed by atoms with Gasteiger partial charge in [-0.2, -0.15) is 0 Å². The molecule has 1 fully saturated rings. The fourth-order valence-electron chi connectivity index (χ4n) is 4.64. The molecule has 0 unspecified atom stereocenters. The van der Waals surface area contributed by atoms with E-state index in [-0.39, 0.29) is 36.3 Å². The van der Waals surface area contributed by atoms with Gasteiger partial charge in [0.05, 0.1) is 35.9 Å². The molecule has 3 heterocycles. The molecular formula is C26H26ClFN4O3. The standard InChI is InChI=1S/C26H26ClFN4O3/c1-16-2-7-21(20(27)12-16)30-25(33)18-8-10-31(11-9-18)26(34)24-22-14-35-23(13-32(22)15-29-24)17-3-5-19(28)6-4-17/h2-7,12,15,18,23H,8-11,13-14H2,1H3,(H,30,33)/t23-/m0/s1. The first-order chi connectivity index (χ1) is 16.9. The van der Waals surface area contributed by atoms with Crippen LogP contribution in [0.15, 0.2) is 48.8 Å². The lowest BCUT2D eigenvalue weighted by atomic mass is 9.95. The van der Waals surface area contributed by atoms with Crippen molar-refractivity contribution in [1.82, 2.24) is 14.5 Å². The van der Waals surface area contributed by atoms with Crippen LogP contribution in [0.1, 0.15) is 46.3 Å². The third-order valence-electron chi connectivity index (χ3n) is 6.71. The van der Waals surface area contributed by atoms with Gasteiger partial charge in [-0.1, -0.05) is 29.8 Å². The molecule has 1 N–H and O–H groups in total. The number of hydrogen-bond donors (Lipinski definition) is 1. The molecule has 0 aliphatic carbocycles. The van der Waals surface area contributed by atoms with Crippen LogP contribution in [-0.4, -0.2) is 39.4 Å². The number of hydrogen-bond acceptors (Lipinski definition) is 4. The monoisotopic (exact) mass is 496 g/mol. The van der Waals surface area contributed by atoms with E-state index >= 15 is 0 Å². The number of anilines is 1. The average Bonchev–Trinajstić information content (AvgIpc) is 3.29. The second-order valence-corrected chi connectivity index (χ2v) is 9.49. The fourth-order valence-corrected chi connectivity index (χ4v) is 4.92. The third kappa shape index (κ3) is 4.94. The van der Waals surface area contributed by atoms with Crippen LogP contribution < -0.4 is 5.32 Å². The van der Waals surface area contributed by atoms with Crippen LogP contribution >= 0.6 is 11.6 Å². The lowest BCUT2D eigenvalue weighted by molar-refractivity contribution is -0.121. The fraction of sp³-hybridized carbons (Fsp3) is 0.346. The zero-order chi connectivity index (χ0) is 24.5. The summed E-state index contributed by atoms with van der Waals surface area (Å²) in [6.07, 6.45) is 2.57. The summed E-state index contributed by atoms with van der Waals surface area (Å²) in [6, 6.07) is 11.8. The van der Waals surface area contributed by atoms with Crippen molar-refractivity contribution in [3.05, 3.63) is 82.1 Å². The van der Waals surface area contributed by atoms with Crippen LogP contribution in [0.3, 0.4) is 0 Å². The number of piperidine rings is 1. The van der Waals surface area contributed by atoms with Crippen LogP contribution in [0.2, 0.25) is 5.02 Å². The summed E-state index contributed by atoms with van der Waals surface area (Å²) in [5.41, 5.74) is 3.63. The van der Waals surface area contributed by atoms with Gasteiger partial charge in [0, 0.05) is 19.0 Å². The van der Waals surface area contributed by atoms with Crippen molar-refractivity contribution < 1.29 is 18.7 Å². The molecule has 9 heteroatoms. The van der Waals surface area contributed by atoms with Crippen molar-refractivity contribution >= 4 is 29.1 Å². The Morgan fingerprint density at radius 3 is 2.60 bits per heavy atom. The molecule has 0 spiro atoms. The number of aryl methyl sites for hydroxylation is 1. The van der Waals surface area contributed by atoms with Crippen LogP contribution in [0.5, 0.6) is 0 Å². The minimum Gasteiger partial charge on any atom is -0.365 e. The number of rotatable bonds is 4. The van der Waals surface area contributed by atoms with Gasteiger partial charge in [-0.25, -0.2) is 9.37 Å². The van der Waals surface area contributed by atoms with Gasteiger partial charge < -0.3 is 19.5 Å². The summed E-state index contributed by atoms with van der Waals surface area (Å²) in [6.45, 7) is 3.65. The molecule has 35 heavy (non-hydrogen) atoms. The van der Waals surface area contributed by atoms with E-state index in [1.807, 2.05) is 23.6 Å². The Kier molecular flexibility index (Phi) is 6.58. The number of aromatic nitrogens is 2. The first kappa shape index (κ1) is 23.5. The van der Waals surface area contributed by atoms with E-state index in [0.29, 0.717) is 48.9 Å². The van der Waals surface area contributed by atoms with Gasteiger partial charge in [-0.3, -0.25) is 9.59 Å². The SMILES string of the molecule is Cc1ccc(NC(=O)C2CCN(C(=O)c3ncn4c3CO[C@H](c3ccc(F)cc3)C4)CC2)c(Cl)c1. The molecule has 1 saturated heterocycles. The third-order valence-corrected chi connectivity index (χ3v) is 7.02. The summed E-state index contributed by atoms with van der Waals surface area (Å²) >= 11 is 6.24. The van der Waals surface area contributed by atoms with Crippen LogP contribution in [0.4, 0.5) is 10.1 Å². The van der Waals surface area contributed by atoms with Crippen LogP contribution in [0.25, 0.3) is 0 Å². The molecule has 1 atom stereocenters. The number of imidazole rings is 1. The van der Waals surface area contributed by atoms with Gasteiger partial charge in [0.25, 0.3) is 5.91 Å². The van der Waals surface area contributed by atoms with Crippen molar-refractivity contribution in [2.45, 2.75) is 39.0 Å². The van der Waals surface area contributed by atoms with E-state index in [1.165, 1.54) is 12.1 Å². The molecule has 5 rings (SSSR count). The van der Waals surface area contributed by atoms with Crippen molar-refractivity contribution in [3.63, 3.8) is 0 Å². The van der Waals surface area contributed by atoms with Crippen molar-refractivity contribution in [3.8, 4) is 0 Å². The average molecular weight is 497 g/mol. The Morgan fingerprint density at radius 2 is 1.89 bits per heavy atom. The van der Waals surface area contributed by atoms with E-state index in [9.17, 15) is 14.0 Å². The molecule has 2 aromatic carbocycles. The highest BCUT2D eigenvalue weighted by molar-refractivity contribution is 6.33. The Bertz CT molecular complexity index is 1250. The summed E-state index contributed by atoms with van der Waals surface area (Å²) in [5, 5.41) is 3.43. The highest BCUT2D eigenvalue weighted by Crippen LogP contribution is 2.30. The number of carbonyl (C=O) groups excluding carboxylic acids is 2. The van der Waals surface area contributed by atoms with Crippen molar-refractivity contribution in [1.29, 1.82) is 0 Å². The number of carbonyl (C=O) groups is 2. The summed E-state index contributed by atoms with van der Waals surface area (Å²) in [7, 11) is 0. The molecule has 3 aromatic rings. The highest BCUT2D eigenvalue weighted by Gasteiger charge is 2.32. The lowest BCUT2D eigenvalue weighted by Crippen LogP contribution is -2.42. The molecule has 182 valence electrons. The van der Waals surface area contributed by atoms with E-state index < -0.39 is 0 Å². The number of halogens is 2. The normalized spacial score (nSPS) is 18.3. The first-order valence-electron chi connectivity index (χ1n) is 11.7. The Balaban J connectivity index is 1.19. The molecule has 0 bridgehead atoms. The number of ether oxygens (including phenoxy) is 1. The number of benzene rings is 2. The van der Waals surface area contributed by atoms with Gasteiger partial charge in [0.15, 0.2) is 5.69 Å². The summed E-state index contributed by atoms with van der Waals surface area (Å²) < 4.78 is 21.1. The Hall–Kier alpha value is -3.23. The number of likely N-dealkylation sites (tertiary alicyclic amines) is 1. The molecule has 0 saturated carbocycles. The largest absolute Gasteiger partial charge is 0.365 e. The summed E-state index contributed by atoms with van der Waals surface area (Å²) in [4.78, 5) is 32.1. The molecular weight excluding hydrogens is 471 g/mol. The number of nitrogens with one attached hydrogen (secondary N) is 1. The molecule has 2 amide bonds. The topological polar surface area (TPSA) is 76.5 Å². The maximum atomic E-state index is 13.2. The molecule has 7 nitrogen and oxygen atoms in total. The molecule has 1 aromatic heterocycles. The minimum atomic E-state index is -0.291. The van der Waals surface area contributed by atoms with Crippen LogP contribution in [0, 0.1) is 18.7 Å². The second kappa shape index (κ2) is 9.79. The van der Waals surface area contributed by atoms with Crippen molar-refractivity contribution in [2.75, 3.05) is 18.4 Å². The number of fused-ring (bicyclic) bond motifs is 1. The first-order valence-corrected chi connectivity index (χ1v) is 12.0. The zero-order valence-electron chi connectivity index (χ0n) is 19.3. The molecule has 0 radical (unpaired) electrons. The van der Waals surface area contributed by atoms with Gasteiger partial charge in [-0.05, 0) is 55.2 Å². The van der Waals surface area contributed by atoms with Crippen molar-refractivity contribution in [2.24, 2.45) is 5.92 Å². The zero-order valence-corrected chi connectivity index (χ0v) is 20.1. The van der Waals surface area contributed by atoms with E-state index in [2.05, 4.69) is 10.3 Å². The van der Waals surface area contributed by atoms with E-state index in [0.717, 1.165) is 16.8 Å². The Morgan fingerprint density at radius 1 is 1.14 bits per heavy atom. The smallest absolute Gasteiger partial charge is 0.274 e. The number of nitrogens with zero attached hydrogens (tertiary/aromatic N) is 3. The van der Waals surface area contributed by atoms with Gasteiger partial charge in [0.2, 0.25) is 5.91 Å². The highest BCUT2D eigenvalue weighted by atomic mass is 35.5. The molecule has 2 aliphatic heterocycles. The van der Waals surface area contributed by atoms with E-state index in [4.69, 9.17) is 16.3 Å². The molecule has 2 aliphatic rings. The lowest BCUT2D eigenvalue weighted by Gasteiger charge is -2.31. The quantitative estimate of drug-likeness (QED) is 0.565. The number of amides is 2. The minimum absolute atomic E-state index is 0.0811. The van der Waals surface area contributed by atoms with Crippen LogP contribution in [-0.2, 0) is 22.7 Å². The second-order valence-electron chi connectivity index (χ2n) is 9.08. The van der Waals surface area contributed by atoms with E-state index in [1.54, 1.807) is 29.4 Å². The predicted octanol–water partition coefficient (Wildman–Crippen LogP) is 4.75. The van der Waals surface area contributed by atoms with Gasteiger partial charge in [0.1, 0.15) is 11.9 Å². The maximum Gasteiger partial charge on any atom is 0.274 e. The Labute approximate surface area is 207 Å². The predicted molar refractivity (Wildman–Crippen MR) is 130 cm³/mol. The summed E-state index contributed by atoms with van der Waals surface area (Å²) in [5.74, 6) is -0.710. The van der Waals surface area contributed by atoms with Gasteiger partial charge in [-0.15, -0.1) is 0 Å². The maximum absolute atomic E-state index is 13.2.